The van der Waals surface area contributed by atoms with Crippen LogP contribution in [0.1, 0.15) is 10.5 Å². The van der Waals surface area contributed by atoms with Crippen molar-refractivity contribution in [2.75, 3.05) is 7.05 Å². The molecule has 0 aliphatic rings. The van der Waals surface area contributed by atoms with Crippen LogP contribution in [0.2, 0.25) is 0 Å². The summed E-state index contributed by atoms with van der Waals surface area (Å²) in [4.78, 5) is 16.5. The first kappa shape index (κ1) is 16.4. The number of carbonyl (C=O) groups excluding carboxylic acids is 1. The first-order valence-corrected chi connectivity index (χ1v) is 8.10. The van der Waals surface area contributed by atoms with Crippen molar-refractivity contribution >= 4 is 21.8 Å². The number of hydrogen-bond acceptors (Lipinski definition) is 2. The summed E-state index contributed by atoms with van der Waals surface area (Å²) < 4.78 is 15.9. The minimum absolute atomic E-state index is 0.210. The van der Waals surface area contributed by atoms with Crippen molar-refractivity contribution in [3.63, 3.8) is 0 Å². The Hall–Kier alpha value is -2.47. The highest BCUT2D eigenvalue weighted by atomic mass is 79.9. The number of rotatable bonds is 3. The Bertz CT molecular complexity index is 889. The molecule has 0 saturated carbocycles. The lowest BCUT2D eigenvalue weighted by Gasteiger charge is -2.08. The van der Waals surface area contributed by atoms with E-state index < -0.39 is 0 Å². The number of aromatic nitrogens is 2. The van der Waals surface area contributed by atoms with Gasteiger partial charge in [-0.25, -0.2) is 4.39 Å². The van der Waals surface area contributed by atoms with E-state index in [4.69, 9.17) is 0 Å². The molecule has 0 spiro atoms. The Kier molecular flexibility index (Phi) is 4.49. The third-order valence-electron chi connectivity index (χ3n) is 3.87. The zero-order valence-electron chi connectivity index (χ0n) is 13.2. The largest absolute Gasteiger partial charge is 0.354 e. The lowest BCUT2D eigenvalue weighted by molar-refractivity contribution is 0.0955. The van der Waals surface area contributed by atoms with Gasteiger partial charge in [-0.15, -0.1) is 0 Å². The van der Waals surface area contributed by atoms with Gasteiger partial charge in [0.2, 0.25) is 0 Å². The van der Waals surface area contributed by atoms with E-state index in [1.165, 1.54) is 12.1 Å². The van der Waals surface area contributed by atoms with Crippen LogP contribution in [0.25, 0.3) is 22.3 Å². The second-order valence-corrected chi connectivity index (χ2v) is 6.02. The third-order valence-corrected chi connectivity index (χ3v) is 4.80. The molecular formula is C18H15BrFN3O. The minimum Gasteiger partial charge on any atom is -0.354 e. The first-order chi connectivity index (χ1) is 11.5. The molecule has 0 aliphatic heterocycles. The molecule has 2 heterocycles. The normalized spacial score (nSPS) is 10.7. The number of pyridine rings is 1. The maximum atomic E-state index is 13.3. The summed E-state index contributed by atoms with van der Waals surface area (Å²) >= 11 is 3.59. The molecule has 6 heteroatoms. The van der Waals surface area contributed by atoms with Gasteiger partial charge < -0.3 is 9.88 Å². The van der Waals surface area contributed by atoms with Gasteiger partial charge in [-0.2, -0.15) is 0 Å². The van der Waals surface area contributed by atoms with Crippen LogP contribution in [-0.2, 0) is 7.05 Å². The standard InChI is InChI=1S/C18H15BrFN3O/c1-21-18(24)16-14(11-3-5-13(20)6-4-11)15(17(19)23(16)2)12-7-9-22-10-8-12/h3-10H,1-2H3,(H,21,24). The topological polar surface area (TPSA) is 46.9 Å². The van der Waals surface area contributed by atoms with Crippen LogP contribution >= 0.6 is 15.9 Å². The van der Waals surface area contributed by atoms with Crippen molar-refractivity contribution in [2.24, 2.45) is 7.05 Å². The van der Waals surface area contributed by atoms with E-state index in [0.29, 0.717) is 5.69 Å². The zero-order valence-corrected chi connectivity index (χ0v) is 14.8. The summed E-state index contributed by atoms with van der Waals surface area (Å²) in [5, 5.41) is 2.67. The Morgan fingerprint density at radius 3 is 2.25 bits per heavy atom. The van der Waals surface area contributed by atoms with Crippen molar-refractivity contribution < 1.29 is 9.18 Å². The SMILES string of the molecule is CNC(=O)c1c(-c2ccc(F)cc2)c(-c2ccncc2)c(Br)n1C. The van der Waals surface area contributed by atoms with Crippen LogP contribution in [0.4, 0.5) is 4.39 Å². The van der Waals surface area contributed by atoms with Gasteiger partial charge in [0.1, 0.15) is 11.5 Å². The van der Waals surface area contributed by atoms with Gasteiger partial charge in [-0.3, -0.25) is 9.78 Å². The lowest BCUT2D eigenvalue weighted by Crippen LogP contribution is -2.21. The molecule has 122 valence electrons. The van der Waals surface area contributed by atoms with Gasteiger partial charge in [0, 0.05) is 37.6 Å². The van der Waals surface area contributed by atoms with Crippen molar-refractivity contribution in [3.05, 3.63) is 64.9 Å². The zero-order chi connectivity index (χ0) is 17.3. The monoisotopic (exact) mass is 387 g/mol. The summed E-state index contributed by atoms with van der Waals surface area (Å²) in [6, 6.07) is 9.88. The van der Waals surface area contributed by atoms with Gasteiger partial charge in [-0.1, -0.05) is 12.1 Å². The Balaban J connectivity index is 2.37. The third kappa shape index (κ3) is 2.73. The number of hydrogen-bond donors (Lipinski definition) is 1. The van der Waals surface area contributed by atoms with Crippen molar-refractivity contribution in [2.45, 2.75) is 0 Å². The number of halogens is 2. The molecule has 1 N–H and O–H groups in total. The second-order valence-electron chi connectivity index (χ2n) is 5.27. The molecule has 0 aliphatic carbocycles. The summed E-state index contributed by atoms with van der Waals surface area (Å²) in [5.41, 5.74) is 3.80. The van der Waals surface area contributed by atoms with Crippen LogP contribution in [-0.4, -0.2) is 22.5 Å². The quantitative estimate of drug-likeness (QED) is 0.737. The molecule has 0 bridgehead atoms. The summed E-state index contributed by atoms with van der Waals surface area (Å²) in [6.07, 6.45) is 3.39. The Labute approximate surface area is 147 Å². The van der Waals surface area contributed by atoms with Gasteiger partial charge in [0.25, 0.3) is 5.91 Å². The summed E-state index contributed by atoms with van der Waals surface area (Å²) in [6.45, 7) is 0. The lowest BCUT2D eigenvalue weighted by atomic mass is 9.97. The van der Waals surface area contributed by atoms with E-state index >= 15 is 0 Å². The molecule has 0 radical (unpaired) electrons. The van der Waals surface area contributed by atoms with Gasteiger partial charge in [-0.05, 0) is 51.3 Å². The predicted molar refractivity (Wildman–Crippen MR) is 95.1 cm³/mol. The maximum Gasteiger partial charge on any atom is 0.268 e. The first-order valence-electron chi connectivity index (χ1n) is 7.31. The highest BCUT2D eigenvalue weighted by molar-refractivity contribution is 9.10. The Morgan fingerprint density at radius 1 is 1.08 bits per heavy atom. The molecule has 0 unspecified atom stereocenters. The van der Waals surface area contributed by atoms with Crippen molar-refractivity contribution in [1.82, 2.24) is 14.9 Å². The predicted octanol–water partition coefficient (Wildman–Crippen LogP) is 4.02. The highest BCUT2D eigenvalue weighted by Gasteiger charge is 2.25. The number of amides is 1. The average Bonchev–Trinajstić information content (AvgIpc) is 2.87. The van der Waals surface area contributed by atoms with Crippen LogP contribution in [0.3, 0.4) is 0 Å². The smallest absolute Gasteiger partial charge is 0.268 e. The maximum absolute atomic E-state index is 13.3. The van der Waals surface area contributed by atoms with E-state index in [9.17, 15) is 9.18 Å². The molecule has 0 atom stereocenters. The van der Waals surface area contributed by atoms with Crippen LogP contribution in [0.5, 0.6) is 0 Å². The fraction of sp³-hybridized carbons (Fsp3) is 0.111. The van der Waals surface area contributed by atoms with E-state index in [1.807, 2.05) is 19.2 Å². The van der Waals surface area contributed by atoms with E-state index in [-0.39, 0.29) is 11.7 Å². The Morgan fingerprint density at radius 2 is 1.67 bits per heavy atom. The summed E-state index contributed by atoms with van der Waals surface area (Å²) in [5.74, 6) is -0.529. The van der Waals surface area contributed by atoms with E-state index in [0.717, 1.165) is 26.9 Å². The van der Waals surface area contributed by atoms with Crippen LogP contribution in [0.15, 0.2) is 53.4 Å². The van der Waals surface area contributed by atoms with Crippen molar-refractivity contribution in [1.29, 1.82) is 0 Å². The molecule has 0 fully saturated rings. The number of nitrogens with zero attached hydrogens (tertiary/aromatic N) is 2. The van der Waals surface area contributed by atoms with Gasteiger partial charge >= 0.3 is 0 Å². The second kappa shape index (κ2) is 6.57. The minimum atomic E-state index is -0.319. The molecule has 3 rings (SSSR count). The van der Waals surface area contributed by atoms with E-state index in [1.54, 1.807) is 36.1 Å². The molecule has 24 heavy (non-hydrogen) atoms. The molecule has 0 saturated heterocycles. The molecule has 2 aromatic heterocycles. The molecule has 1 aromatic carbocycles. The van der Waals surface area contributed by atoms with Gasteiger partial charge in [0.05, 0.1) is 4.60 Å². The number of carbonyl (C=O) groups is 1. The van der Waals surface area contributed by atoms with Crippen LogP contribution < -0.4 is 5.32 Å². The van der Waals surface area contributed by atoms with Gasteiger partial charge in [0.15, 0.2) is 0 Å². The summed E-state index contributed by atoms with van der Waals surface area (Å²) in [7, 11) is 3.40. The molecular weight excluding hydrogens is 373 g/mol. The average molecular weight is 388 g/mol. The number of benzene rings is 1. The van der Waals surface area contributed by atoms with Crippen LogP contribution in [0, 0.1) is 5.82 Å². The number of nitrogens with one attached hydrogen (secondary N) is 1. The molecule has 4 nitrogen and oxygen atoms in total. The van der Waals surface area contributed by atoms with Crippen molar-refractivity contribution in [3.8, 4) is 22.3 Å². The van der Waals surface area contributed by atoms with E-state index in [2.05, 4.69) is 26.2 Å². The highest BCUT2D eigenvalue weighted by Crippen LogP contribution is 2.42. The fourth-order valence-electron chi connectivity index (χ4n) is 2.72. The fourth-order valence-corrected chi connectivity index (χ4v) is 3.32. The molecule has 3 aromatic rings. The molecule has 1 amide bonds.